The summed E-state index contributed by atoms with van der Waals surface area (Å²) >= 11 is 0. The molecular weight excluding hydrogens is 228 g/mol. The van der Waals surface area contributed by atoms with Crippen LogP contribution in [0.5, 0.6) is 5.75 Å². The lowest BCUT2D eigenvalue weighted by atomic mass is 10.1. The number of hydrogen-bond acceptors (Lipinski definition) is 3. The third-order valence-corrected chi connectivity index (χ3v) is 2.86. The van der Waals surface area contributed by atoms with Gasteiger partial charge in [0.15, 0.2) is 0 Å². The molecule has 0 saturated carbocycles. The highest BCUT2D eigenvalue weighted by Gasteiger charge is 2.08. The van der Waals surface area contributed by atoms with Crippen LogP contribution in [0.3, 0.4) is 0 Å². The molecule has 4 heteroatoms. The molecular formula is C14H16N2O2. The van der Waals surface area contributed by atoms with Gasteiger partial charge in [0.2, 0.25) is 0 Å². The van der Waals surface area contributed by atoms with Gasteiger partial charge in [-0.05, 0) is 38.1 Å². The molecule has 0 aliphatic rings. The normalized spacial score (nSPS) is 10.4. The Hall–Kier alpha value is -2.10. The number of carbonyl (C=O) groups excluding carboxylic acids is 1. The predicted molar refractivity (Wildman–Crippen MR) is 69.2 cm³/mol. The molecule has 1 heterocycles. The summed E-state index contributed by atoms with van der Waals surface area (Å²) < 4.78 is 7.21. The Bertz CT molecular complexity index is 573. The molecule has 0 aliphatic heterocycles. The SMILES string of the molecule is COc1ccc(C=O)cc1Cn1nc(C)cc1C. The fourth-order valence-corrected chi connectivity index (χ4v) is 1.99. The van der Waals surface area contributed by atoms with E-state index in [1.807, 2.05) is 36.7 Å². The van der Waals surface area contributed by atoms with Crippen molar-refractivity contribution >= 4 is 6.29 Å². The number of ether oxygens (including phenoxy) is 1. The molecule has 18 heavy (non-hydrogen) atoms. The number of carbonyl (C=O) groups is 1. The number of hydrogen-bond donors (Lipinski definition) is 0. The Morgan fingerprint density at radius 2 is 2.11 bits per heavy atom. The third kappa shape index (κ3) is 2.42. The molecule has 0 spiro atoms. The van der Waals surface area contributed by atoms with E-state index in [0.717, 1.165) is 29.0 Å². The minimum Gasteiger partial charge on any atom is -0.496 e. The summed E-state index contributed by atoms with van der Waals surface area (Å²) in [5.74, 6) is 0.771. The Morgan fingerprint density at radius 1 is 1.33 bits per heavy atom. The molecule has 1 aromatic heterocycles. The second-order valence-corrected chi connectivity index (χ2v) is 4.27. The van der Waals surface area contributed by atoms with Crippen molar-refractivity contribution in [2.45, 2.75) is 20.4 Å². The van der Waals surface area contributed by atoms with Crippen molar-refractivity contribution in [1.29, 1.82) is 0 Å². The highest BCUT2D eigenvalue weighted by Crippen LogP contribution is 2.21. The van der Waals surface area contributed by atoms with Crippen molar-refractivity contribution in [1.82, 2.24) is 9.78 Å². The zero-order valence-electron chi connectivity index (χ0n) is 10.8. The number of nitrogens with zero attached hydrogens (tertiary/aromatic N) is 2. The van der Waals surface area contributed by atoms with E-state index in [4.69, 9.17) is 4.74 Å². The Balaban J connectivity index is 2.37. The van der Waals surface area contributed by atoms with Crippen molar-refractivity contribution in [3.63, 3.8) is 0 Å². The molecule has 0 amide bonds. The lowest BCUT2D eigenvalue weighted by Gasteiger charge is -2.10. The van der Waals surface area contributed by atoms with Gasteiger partial charge < -0.3 is 4.74 Å². The predicted octanol–water partition coefficient (Wildman–Crippen LogP) is 2.37. The molecule has 0 bridgehead atoms. The highest BCUT2D eigenvalue weighted by molar-refractivity contribution is 5.75. The number of benzene rings is 1. The van der Waals surface area contributed by atoms with Crippen molar-refractivity contribution in [2.75, 3.05) is 7.11 Å². The highest BCUT2D eigenvalue weighted by atomic mass is 16.5. The van der Waals surface area contributed by atoms with Gasteiger partial charge in [-0.1, -0.05) is 0 Å². The topological polar surface area (TPSA) is 44.1 Å². The van der Waals surface area contributed by atoms with Gasteiger partial charge in [-0.25, -0.2) is 0 Å². The van der Waals surface area contributed by atoms with Crippen LogP contribution >= 0.6 is 0 Å². The molecule has 1 aromatic carbocycles. The summed E-state index contributed by atoms with van der Waals surface area (Å²) in [4.78, 5) is 10.8. The van der Waals surface area contributed by atoms with E-state index in [0.29, 0.717) is 12.1 Å². The average molecular weight is 244 g/mol. The molecule has 0 saturated heterocycles. The van der Waals surface area contributed by atoms with Gasteiger partial charge in [-0.15, -0.1) is 0 Å². The van der Waals surface area contributed by atoms with Crippen LogP contribution in [0.1, 0.15) is 27.3 Å². The van der Waals surface area contributed by atoms with E-state index >= 15 is 0 Å². The standard InChI is InChI=1S/C14H16N2O2/c1-10-6-11(2)16(15-10)8-13-7-12(9-17)4-5-14(13)18-3/h4-7,9H,8H2,1-3H3. The second kappa shape index (κ2) is 5.04. The molecule has 2 aromatic rings. The first-order chi connectivity index (χ1) is 8.63. The van der Waals surface area contributed by atoms with Crippen LogP contribution in [-0.2, 0) is 6.54 Å². The summed E-state index contributed by atoms with van der Waals surface area (Å²) in [6.07, 6.45) is 0.837. The van der Waals surface area contributed by atoms with Gasteiger partial charge in [-0.3, -0.25) is 9.48 Å². The average Bonchev–Trinajstić information content (AvgIpc) is 2.67. The van der Waals surface area contributed by atoms with Crippen molar-refractivity contribution < 1.29 is 9.53 Å². The number of aromatic nitrogens is 2. The monoisotopic (exact) mass is 244 g/mol. The van der Waals surface area contributed by atoms with Gasteiger partial charge in [0.1, 0.15) is 12.0 Å². The van der Waals surface area contributed by atoms with Crippen molar-refractivity contribution in [2.24, 2.45) is 0 Å². The van der Waals surface area contributed by atoms with Crippen molar-refractivity contribution in [3.05, 3.63) is 46.8 Å². The minimum atomic E-state index is 0.602. The minimum absolute atomic E-state index is 0.602. The molecule has 0 fully saturated rings. The molecule has 2 rings (SSSR count). The fourth-order valence-electron chi connectivity index (χ4n) is 1.99. The first-order valence-corrected chi connectivity index (χ1v) is 5.77. The Morgan fingerprint density at radius 3 is 2.67 bits per heavy atom. The molecule has 0 radical (unpaired) electrons. The van der Waals surface area contributed by atoms with Gasteiger partial charge in [0.05, 0.1) is 19.3 Å². The Kier molecular flexibility index (Phi) is 3.46. The fraction of sp³-hybridized carbons (Fsp3) is 0.286. The number of rotatable bonds is 4. The van der Waals surface area contributed by atoms with Gasteiger partial charge in [-0.2, -0.15) is 5.10 Å². The van der Waals surface area contributed by atoms with Gasteiger partial charge >= 0.3 is 0 Å². The zero-order valence-corrected chi connectivity index (χ0v) is 10.8. The summed E-state index contributed by atoms with van der Waals surface area (Å²) in [6.45, 7) is 4.57. The largest absolute Gasteiger partial charge is 0.496 e. The van der Waals surface area contributed by atoms with Crippen LogP contribution in [0.25, 0.3) is 0 Å². The van der Waals surface area contributed by atoms with E-state index in [1.165, 1.54) is 0 Å². The summed E-state index contributed by atoms with van der Waals surface area (Å²) in [5.41, 5.74) is 3.67. The quantitative estimate of drug-likeness (QED) is 0.775. The summed E-state index contributed by atoms with van der Waals surface area (Å²) in [5, 5.41) is 4.41. The maximum Gasteiger partial charge on any atom is 0.150 e. The first-order valence-electron chi connectivity index (χ1n) is 5.77. The Labute approximate surface area is 106 Å². The first kappa shape index (κ1) is 12.4. The van der Waals surface area contributed by atoms with Crippen LogP contribution in [0.2, 0.25) is 0 Å². The molecule has 0 N–H and O–H groups in total. The zero-order chi connectivity index (χ0) is 13.1. The van der Waals surface area contributed by atoms with E-state index in [2.05, 4.69) is 5.10 Å². The molecule has 0 atom stereocenters. The summed E-state index contributed by atoms with van der Waals surface area (Å²) in [7, 11) is 1.63. The van der Waals surface area contributed by atoms with E-state index in [9.17, 15) is 4.79 Å². The lowest BCUT2D eigenvalue weighted by Crippen LogP contribution is -2.06. The van der Waals surface area contributed by atoms with E-state index in [1.54, 1.807) is 13.2 Å². The van der Waals surface area contributed by atoms with Crippen LogP contribution < -0.4 is 4.74 Å². The second-order valence-electron chi connectivity index (χ2n) is 4.27. The summed E-state index contributed by atoms with van der Waals surface area (Å²) in [6, 6.07) is 7.42. The molecule has 0 unspecified atom stereocenters. The molecule has 0 aliphatic carbocycles. The van der Waals surface area contributed by atoms with Gasteiger partial charge in [0.25, 0.3) is 0 Å². The smallest absolute Gasteiger partial charge is 0.150 e. The van der Waals surface area contributed by atoms with Gasteiger partial charge in [0, 0.05) is 16.8 Å². The van der Waals surface area contributed by atoms with Crippen LogP contribution in [0, 0.1) is 13.8 Å². The van der Waals surface area contributed by atoms with Crippen molar-refractivity contribution in [3.8, 4) is 5.75 Å². The molecule has 94 valence electrons. The maximum atomic E-state index is 10.8. The van der Waals surface area contributed by atoms with Crippen LogP contribution in [-0.4, -0.2) is 23.2 Å². The number of aryl methyl sites for hydroxylation is 2. The third-order valence-electron chi connectivity index (χ3n) is 2.86. The maximum absolute atomic E-state index is 10.8. The molecule has 4 nitrogen and oxygen atoms in total. The van der Waals surface area contributed by atoms with Crippen LogP contribution in [0.4, 0.5) is 0 Å². The number of methoxy groups -OCH3 is 1. The number of aldehydes is 1. The van der Waals surface area contributed by atoms with E-state index < -0.39 is 0 Å². The van der Waals surface area contributed by atoms with E-state index in [-0.39, 0.29) is 0 Å². The lowest BCUT2D eigenvalue weighted by molar-refractivity contribution is 0.112. The van der Waals surface area contributed by atoms with Crippen LogP contribution in [0.15, 0.2) is 24.3 Å².